The first-order valence-corrected chi connectivity index (χ1v) is 15.1. The number of carbonyl (C=O) groups is 6. The van der Waals surface area contributed by atoms with Gasteiger partial charge in [-0.2, -0.15) is 0 Å². The highest BCUT2D eigenvalue weighted by Gasteiger charge is 2.20. The molecule has 18 nitrogen and oxygen atoms in total. The van der Waals surface area contributed by atoms with E-state index < -0.39 is 41.5 Å². The van der Waals surface area contributed by atoms with Gasteiger partial charge >= 0.3 is 0 Å². The molecule has 4 aromatic rings. The smallest absolute Gasteiger partial charge is 0.272 e. The number of nitrogens with one attached hydrogen (secondary N) is 6. The van der Waals surface area contributed by atoms with E-state index in [1.165, 1.54) is 24.3 Å². The second-order valence-corrected chi connectivity index (χ2v) is 11.4. The number of aryl methyl sites for hydroxylation is 4. The van der Waals surface area contributed by atoms with E-state index in [1.54, 1.807) is 78.2 Å². The van der Waals surface area contributed by atoms with Crippen LogP contribution in [0.4, 0.5) is 22.7 Å². The molecule has 4 rings (SSSR count). The minimum absolute atomic E-state index is 0.0998. The van der Waals surface area contributed by atoms with Crippen molar-refractivity contribution < 1.29 is 28.8 Å². The normalized spacial score (nSPS) is 11.4. The van der Waals surface area contributed by atoms with Crippen molar-refractivity contribution in [1.82, 2.24) is 28.9 Å². The van der Waals surface area contributed by atoms with E-state index in [-0.39, 0.29) is 42.4 Å². The molecule has 18 heteroatoms. The zero-order valence-corrected chi connectivity index (χ0v) is 27.7. The highest BCUT2D eigenvalue weighted by atomic mass is 16.2. The van der Waals surface area contributed by atoms with E-state index >= 15 is 0 Å². The molecular weight excluding hydrogens is 636 g/mol. The highest BCUT2D eigenvalue weighted by Crippen LogP contribution is 2.19. The summed E-state index contributed by atoms with van der Waals surface area (Å²) in [5.74, 6) is -2.53. The summed E-state index contributed by atoms with van der Waals surface area (Å²) in [6.45, 7) is 1.44. The van der Waals surface area contributed by atoms with Crippen molar-refractivity contribution in [3.63, 3.8) is 0 Å². The Morgan fingerprint density at radius 3 is 1.24 bits per heavy atom. The maximum absolute atomic E-state index is 13.0. The van der Waals surface area contributed by atoms with E-state index in [1.807, 2.05) is 0 Å². The molecule has 0 unspecified atom stereocenters. The summed E-state index contributed by atoms with van der Waals surface area (Å²) in [5, 5.41) is 16.3. The molecule has 0 radical (unpaired) electrons. The monoisotopic (exact) mass is 676 g/mol. The summed E-state index contributed by atoms with van der Waals surface area (Å²) < 4.78 is 6.21. The Labute approximate surface area is 281 Å². The first-order chi connectivity index (χ1) is 23.2. The number of hydrogen-bond donors (Lipinski definition) is 8. The van der Waals surface area contributed by atoms with Crippen molar-refractivity contribution in [3.8, 4) is 0 Å². The molecule has 0 spiro atoms. The van der Waals surface area contributed by atoms with E-state index in [0.717, 1.165) is 0 Å². The second-order valence-electron chi connectivity index (χ2n) is 11.4. The highest BCUT2D eigenvalue weighted by molar-refractivity contribution is 6.06. The van der Waals surface area contributed by atoms with Gasteiger partial charge in [-0.25, -0.2) is 0 Å². The molecule has 4 heterocycles. The van der Waals surface area contributed by atoms with Crippen molar-refractivity contribution in [2.75, 3.05) is 40.9 Å². The SMILES string of the molecule is C[C@@H](CNC(=O)c1cc(NC(=O)c2cc(NC(=O)CN)cn2C)cn1C)NC(=O)c1cc(NC(=O)c2cc(NC(=O)CN)cn2C)cn1C. The largest absolute Gasteiger partial charge is 0.349 e. The van der Waals surface area contributed by atoms with Crippen LogP contribution in [0, 0.1) is 0 Å². The number of rotatable bonds is 13. The average Bonchev–Trinajstić information content (AvgIpc) is 3.80. The molecule has 260 valence electrons. The van der Waals surface area contributed by atoms with E-state index in [0.29, 0.717) is 22.7 Å². The number of carbonyl (C=O) groups excluding carboxylic acids is 6. The molecule has 10 N–H and O–H groups in total. The van der Waals surface area contributed by atoms with E-state index in [2.05, 4.69) is 31.9 Å². The van der Waals surface area contributed by atoms with Gasteiger partial charge < -0.3 is 61.6 Å². The lowest BCUT2D eigenvalue weighted by Crippen LogP contribution is -2.42. The van der Waals surface area contributed by atoms with Crippen LogP contribution in [0.25, 0.3) is 0 Å². The number of hydrogen-bond acceptors (Lipinski definition) is 8. The van der Waals surface area contributed by atoms with Crippen LogP contribution in [-0.4, -0.2) is 79.4 Å². The molecule has 6 amide bonds. The number of nitrogens with two attached hydrogens (primary N) is 2. The van der Waals surface area contributed by atoms with Crippen molar-refractivity contribution in [2.45, 2.75) is 13.0 Å². The lowest BCUT2D eigenvalue weighted by atomic mass is 10.3. The van der Waals surface area contributed by atoms with Gasteiger partial charge in [-0.3, -0.25) is 28.8 Å². The standard InChI is InChI=1S/C31H40N12O6/c1-17(35-29(47)23-9-21(16-43(23)5)39-31(49)25-7-19(14-42(25)4)37-27(45)11-33)12-34-28(46)22-8-20(15-40(22)2)38-30(48)24-6-18(13-41(24)3)36-26(44)10-32/h6-9,13-17H,10-12,32-33H2,1-5H3,(H,34,46)(H,35,47)(H,36,44)(H,37,45)(H,38,48)(H,39,49)/t17-/m0/s1. The number of nitrogens with zero attached hydrogens (tertiary/aromatic N) is 4. The van der Waals surface area contributed by atoms with Crippen molar-refractivity contribution in [2.24, 2.45) is 39.7 Å². The predicted octanol–water partition coefficient (Wildman–Crippen LogP) is -0.112. The van der Waals surface area contributed by atoms with Crippen LogP contribution in [0.1, 0.15) is 48.9 Å². The Morgan fingerprint density at radius 1 is 0.551 bits per heavy atom. The quantitative estimate of drug-likeness (QED) is 0.0947. The molecule has 49 heavy (non-hydrogen) atoms. The zero-order valence-electron chi connectivity index (χ0n) is 27.7. The summed E-state index contributed by atoms with van der Waals surface area (Å²) in [7, 11) is 6.62. The summed E-state index contributed by atoms with van der Waals surface area (Å²) >= 11 is 0. The van der Waals surface area contributed by atoms with Gasteiger partial charge in [-0.15, -0.1) is 0 Å². The first kappa shape index (κ1) is 35.7. The minimum atomic E-state index is -0.472. The fourth-order valence-corrected chi connectivity index (χ4v) is 4.93. The van der Waals surface area contributed by atoms with Crippen LogP contribution in [0.2, 0.25) is 0 Å². The summed E-state index contributed by atoms with van der Waals surface area (Å²) in [6, 6.07) is 5.58. The van der Waals surface area contributed by atoms with Crippen LogP contribution < -0.4 is 43.4 Å². The van der Waals surface area contributed by atoms with Crippen LogP contribution in [0.5, 0.6) is 0 Å². The minimum Gasteiger partial charge on any atom is -0.349 e. The lowest BCUT2D eigenvalue weighted by molar-refractivity contribution is -0.115. The number of amides is 6. The average molecular weight is 677 g/mol. The Morgan fingerprint density at radius 2 is 0.878 bits per heavy atom. The first-order valence-electron chi connectivity index (χ1n) is 15.1. The molecule has 0 saturated carbocycles. The molecule has 4 aromatic heterocycles. The molecular formula is C31H40N12O6. The fourth-order valence-electron chi connectivity index (χ4n) is 4.93. The third-order valence-electron chi connectivity index (χ3n) is 7.35. The third-order valence-corrected chi connectivity index (χ3v) is 7.35. The predicted molar refractivity (Wildman–Crippen MR) is 182 cm³/mol. The van der Waals surface area contributed by atoms with Gasteiger partial charge in [0.2, 0.25) is 11.8 Å². The van der Waals surface area contributed by atoms with Gasteiger partial charge in [0.05, 0.1) is 35.8 Å². The lowest BCUT2D eigenvalue weighted by Gasteiger charge is -2.15. The number of aromatic nitrogens is 4. The Bertz CT molecular complexity index is 1910. The number of anilines is 4. The van der Waals surface area contributed by atoms with Gasteiger partial charge in [-0.1, -0.05) is 0 Å². The topological polar surface area (TPSA) is 246 Å². The van der Waals surface area contributed by atoms with Gasteiger partial charge in [-0.05, 0) is 31.2 Å². The van der Waals surface area contributed by atoms with Crippen LogP contribution in [0.15, 0.2) is 49.1 Å². The molecule has 0 aliphatic rings. The molecule has 0 aliphatic carbocycles. The molecule has 0 aliphatic heterocycles. The zero-order chi connectivity index (χ0) is 36.0. The van der Waals surface area contributed by atoms with Gasteiger partial charge in [0, 0.05) is 65.6 Å². The summed E-state index contributed by atoms with van der Waals surface area (Å²) in [5.41, 5.74) is 13.4. The molecule has 1 atom stereocenters. The van der Waals surface area contributed by atoms with E-state index in [9.17, 15) is 28.8 Å². The Balaban J connectivity index is 1.30. The Hall–Kier alpha value is -6.14. The van der Waals surface area contributed by atoms with Gasteiger partial charge in [0.1, 0.15) is 22.8 Å². The van der Waals surface area contributed by atoms with Crippen LogP contribution in [0.3, 0.4) is 0 Å². The fraction of sp³-hybridized carbons (Fsp3) is 0.290. The molecule has 0 saturated heterocycles. The molecule has 0 fully saturated rings. The maximum atomic E-state index is 13.0. The Kier molecular flexibility index (Phi) is 11.1. The van der Waals surface area contributed by atoms with Crippen LogP contribution in [-0.2, 0) is 37.8 Å². The van der Waals surface area contributed by atoms with Crippen LogP contribution >= 0.6 is 0 Å². The second kappa shape index (κ2) is 15.2. The van der Waals surface area contributed by atoms with Gasteiger partial charge in [0.25, 0.3) is 23.6 Å². The summed E-state index contributed by atoms with van der Waals surface area (Å²) in [4.78, 5) is 74.9. The summed E-state index contributed by atoms with van der Waals surface area (Å²) in [6.07, 6.45) is 6.33. The van der Waals surface area contributed by atoms with Crippen molar-refractivity contribution in [1.29, 1.82) is 0 Å². The van der Waals surface area contributed by atoms with Gasteiger partial charge in [0.15, 0.2) is 0 Å². The van der Waals surface area contributed by atoms with Crippen molar-refractivity contribution in [3.05, 3.63) is 71.8 Å². The maximum Gasteiger partial charge on any atom is 0.272 e. The third kappa shape index (κ3) is 8.82. The van der Waals surface area contributed by atoms with E-state index in [4.69, 9.17) is 11.5 Å². The van der Waals surface area contributed by atoms with Crippen molar-refractivity contribution >= 4 is 58.2 Å². The molecule has 0 bridgehead atoms. The molecule has 0 aromatic carbocycles.